The number of rotatable bonds is 4. The summed E-state index contributed by atoms with van der Waals surface area (Å²) in [7, 11) is -6.25. The fourth-order valence-corrected chi connectivity index (χ4v) is 2.67. The van der Waals surface area contributed by atoms with Crippen LogP contribution in [0, 0.1) is 0 Å². The molecule has 0 aliphatic heterocycles. The topological polar surface area (TPSA) is 168 Å². The molecule has 2 heterocycles. The minimum absolute atomic E-state index is 0.302. The van der Waals surface area contributed by atoms with E-state index in [-0.39, 0.29) is 5.63 Å². The molecule has 0 amide bonds. The van der Waals surface area contributed by atoms with E-state index in [1.807, 2.05) is 36.5 Å². The molecule has 1 unspecified atom stereocenters. The fourth-order valence-electron chi connectivity index (χ4n) is 2.17. The molecule has 0 radical (unpaired) electrons. The highest BCUT2D eigenvalue weighted by molar-refractivity contribution is 7.85. The molecule has 0 saturated heterocycles. The van der Waals surface area contributed by atoms with Crippen molar-refractivity contribution in [3.8, 4) is 0 Å². The lowest BCUT2D eigenvalue weighted by atomic mass is 10.2. The summed E-state index contributed by atoms with van der Waals surface area (Å²) in [5.74, 6) is -0.802. The average Bonchev–Trinajstić information content (AvgIpc) is 3.16. The van der Waals surface area contributed by atoms with Crippen LogP contribution in [0.25, 0.3) is 21.9 Å². The van der Waals surface area contributed by atoms with Crippen molar-refractivity contribution in [1.29, 1.82) is 0 Å². The predicted molar refractivity (Wildman–Crippen MR) is 115 cm³/mol. The minimum Gasteiger partial charge on any atom is -0.423 e. The zero-order chi connectivity index (χ0) is 22.0. The number of H-pyrrole nitrogens is 1. The number of nitrogens with two attached hydrogens (primary N) is 1. The maximum Gasteiger partial charge on any atom is 0.336 e. The van der Waals surface area contributed by atoms with Gasteiger partial charge in [-0.15, -0.1) is 0 Å². The van der Waals surface area contributed by atoms with E-state index in [9.17, 15) is 13.2 Å². The first-order valence-corrected chi connectivity index (χ1v) is 11.2. The summed E-state index contributed by atoms with van der Waals surface area (Å²) in [5, 5.41) is 2.23. The van der Waals surface area contributed by atoms with Gasteiger partial charge in [0.1, 0.15) is 11.5 Å². The van der Waals surface area contributed by atoms with Gasteiger partial charge in [0.2, 0.25) is 0 Å². The molecule has 2 aromatic heterocycles. The number of nitrogens with one attached hydrogen (secondary N) is 2. The second kappa shape index (κ2) is 11.5. The van der Waals surface area contributed by atoms with Crippen molar-refractivity contribution in [2.24, 2.45) is 5.50 Å². The lowest BCUT2D eigenvalue weighted by Gasteiger charge is -2.02. The number of para-hydroxylation sites is 2. The Balaban J connectivity index is 0.000000161. The third-order valence-corrected chi connectivity index (χ3v) is 4.19. The van der Waals surface area contributed by atoms with Gasteiger partial charge in [-0.25, -0.2) is 9.42 Å². The van der Waals surface area contributed by atoms with Crippen LogP contribution in [0.2, 0.25) is 0 Å². The van der Waals surface area contributed by atoms with E-state index in [0.29, 0.717) is 5.58 Å². The summed E-state index contributed by atoms with van der Waals surface area (Å²) in [6.07, 6.45) is 1.95. The highest BCUT2D eigenvalue weighted by atomic mass is 32.2. The van der Waals surface area contributed by atoms with E-state index >= 15 is 0 Å². The molecule has 30 heavy (non-hydrogen) atoms. The molecule has 6 N–H and O–H groups in total. The molecule has 12 heteroatoms. The molecular formula is C18H20N3O7PS. The molecule has 0 aliphatic rings. The van der Waals surface area contributed by atoms with Gasteiger partial charge >= 0.3 is 5.63 Å². The molecular weight excluding hydrogens is 433 g/mol. The molecule has 2 aromatic carbocycles. The summed E-state index contributed by atoms with van der Waals surface area (Å²) in [6, 6.07) is 20.9. The number of hydroxylamine groups is 1. The molecule has 0 spiro atoms. The maximum absolute atomic E-state index is 10.7. The zero-order valence-corrected chi connectivity index (χ0v) is 17.2. The summed E-state index contributed by atoms with van der Waals surface area (Å²) >= 11 is 0. The van der Waals surface area contributed by atoms with Gasteiger partial charge in [0.25, 0.3) is 18.6 Å². The Kier molecular flexibility index (Phi) is 9.09. The first-order chi connectivity index (χ1) is 14.2. The Morgan fingerprint density at radius 1 is 1.03 bits per heavy atom. The van der Waals surface area contributed by atoms with Crippen LogP contribution in [0.15, 0.2) is 82.1 Å². The fraction of sp³-hybridized carbons (Fsp3) is 0.0556. The van der Waals surface area contributed by atoms with E-state index in [1.54, 1.807) is 17.6 Å². The highest BCUT2D eigenvalue weighted by Crippen LogP contribution is 2.15. The van der Waals surface area contributed by atoms with Crippen molar-refractivity contribution < 1.29 is 26.9 Å². The van der Waals surface area contributed by atoms with Gasteiger partial charge in [0.05, 0.1) is 0 Å². The van der Waals surface area contributed by atoms with E-state index in [2.05, 4.69) is 33.3 Å². The van der Waals surface area contributed by atoms with Crippen LogP contribution >= 0.6 is 8.53 Å². The minimum atomic E-state index is -4.11. The molecule has 1 atom stereocenters. The first-order valence-electron chi connectivity index (χ1n) is 8.34. The number of hydrogen-bond donors (Lipinski definition) is 5. The van der Waals surface area contributed by atoms with Crippen molar-refractivity contribution in [3.05, 3.63) is 83.3 Å². The van der Waals surface area contributed by atoms with Gasteiger partial charge in [-0.05, 0) is 29.7 Å². The number of aromatic amines is 1. The van der Waals surface area contributed by atoms with Crippen molar-refractivity contribution in [1.82, 2.24) is 10.5 Å². The number of fused-ring (bicyclic) bond motifs is 2. The Hall–Kier alpha value is -2.63. The average molecular weight is 453 g/mol. The van der Waals surface area contributed by atoms with Gasteiger partial charge < -0.3 is 14.3 Å². The third kappa shape index (κ3) is 8.80. The van der Waals surface area contributed by atoms with Crippen LogP contribution in [0.1, 0.15) is 0 Å². The van der Waals surface area contributed by atoms with Crippen LogP contribution < -0.4 is 16.6 Å². The number of hydrogen-bond acceptors (Lipinski definition) is 8. The van der Waals surface area contributed by atoms with Crippen LogP contribution in [-0.2, 0) is 14.7 Å². The second-order valence-electron chi connectivity index (χ2n) is 5.62. The molecule has 0 fully saturated rings. The molecule has 160 valence electrons. The van der Waals surface area contributed by atoms with E-state index in [1.165, 1.54) is 17.0 Å². The number of aromatic nitrogens is 1. The van der Waals surface area contributed by atoms with Crippen LogP contribution in [-0.4, -0.2) is 28.7 Å². The van der Waals surface area contributed by atoms with Crippen LogP contribution in [0.5, 0.6) is 0 Å². The van der Waals surface area contributed by atoms with Gasteiger partial charge in [-0.2, -0.15) is 13.9 Å². The monoisotopic (exact) mass is 453 g/mol. The Bertz CT molecular complexity index is 1190. The molecule has 0 aliphatic carbocycles. The molecule has 4 rings (SSSR count). The zero-order valence-electron chi connectivity index (χ0n) is 15.5. The van der Waals surface area contributed by atoms with E-state index < -0.39 is 24.5 Å². The normalized spacial score (nSPS) is 11.8. The van der Waals surface area contributed by atoms with Crippen molar-refractivity contribution >= 4 is 40.5 Å². The van der Waals surface area contributed by atoms with Crippen LogP contribution in [0.4, 0.5) is 0 Å². The van der Waals surface area contributed by atoms with Gasteiger partial charge in [0, 0.05) is 23.2 Å². The highest BCUT2D eigenvalue weighted by Gasteiger charge is 2.04. The third-order valence-electron chi connectivity index (χ3n) is 3.39. The molecule has 10 nitrogen and oxygen atoms in total. The standard InChI is InChI=1S/C9H6O2.C8H7N.CH7N2O5PS/c10-9-6-5-7-3-1-2-4-8(7)11-9;1-2-4-8-7(3-1)5-6-9-8;2-9(4)8-3-1-10(5,6)7/h1-6H;1-6,9H;3-4H,1-2H2,(H,5,6,7). The lowest BCUT2D eigenvalue weighted by Crippen LogP contribution is -2.21. The summed E-state index contributed by atoms with van der Waals surface area (Å²) in [6.45, 7) is 0. The SMILES string of the molecule is NP(O)ONCS(=O)(=O)O.O=c1ccc2ccccc2o1.c1ccc2[nH]ccc2c1. The van der Waals surface area contributed by atoms with Gasteiger partial charge in [-0.3, -0.25) is 10.1 Å². The summed E-state index contributed by atoms with van der Waals surface area (Å²) in [5.41, 5.74) is 7.96. The Morgan fingerprint density at radius 2 is 1.70 bits per heavy atom. The lowest BCUT2D eigenvalue weighted by molar-refractivity contribution is 0.212. The van der Waals surface area contributed by atoms with Gasteiger partial charge in [-0.1, -0.05) is 36.4 Å². The maximum atomic E-state index is 10.7. The molecule has 0 bridgehead atoms. The van der Waals surface area contributed by atoms with Gasteiger partial charge in [0.15, 0.2) is 0 Å². The van der Waals surface area contributed by atoms with E-state index in [4.69, 9.17) is 13.9 Å². The Labute approximate surface area is 173 Å². The largest absolute Gasteiger partial charge is 0.423 e. The van der Waals surface area contributed by atoms with Crippen molar-refractivity contribution in [3.63, 3.8) is 0 Å². The quantitative estimate of drug-likeness (QED) is 0.135. The van der Waals surface area contributed by atoms with Crippen molar-refractivity contribution in [2.45, 2.75) is 0 Å². The summed E-state index contributed by atoms with van der Waals surface area (Å²) in [4.78, 5) is 22.1. The smallest absolute Gasteiger partial charge is 0.336 e. The molecule has 4 aromatic rings. The number of benzene rings is 2. The Morgan fingerprint density at radius 3 is 2.37 bits per heavy atom. The van der Waals surface area contributed by atoms with Crippen molar-refractivity contribution in [2.75, 3.05) is 5.88 Å². The summed E-state index contributed by atoms with van der Waals surface area (Å²) < 4.78 is 36.8. The second-order valence-corrected chi connectivity index (χ2v) is 7.86. The molecule has 0 saturated carbocycles. The predicted octanol–water partition coefficient (Wildman–Crippen LogP) is 2.49. The van der Waals surface area contributed by atoms with E-state index in [0.717, 1.165) is 5.39 Å². The van der Waals surface area contributed by atoms with Crippen LogP contribution in [0.3, 0.4) is 0 Å². The first kappa shape index (κ1) is 23.6.